The Morgan fingerprint density at radius 3 is 2.94 bits per heavy atom. The minimum atomic E-state index is -0.488. The largest absolute Gasteiger partial charge is 0.489 e. The second kappa shape index (κ2) is 11.3. The number of halogens is 1. The Balaban J connectivity index is 1.29. The van der Waals surface area contributed by atoms with Gasteiger partial charge in [0.05, 0.1) is 24.8 Å². The highest BCUT2D eigenvalue weighted by Gasteiger charge is 2.31. The summed E-state index contributed by atoms with van der Waals surface area (Å²) in [5, 5.41) is 4.05. The molecule has 194 valence electrons. The molecule has 0 unspecified atom stereocenters. The fraction of sp³-hybridized carbons (Fsp3) is 0.536. The number of rotatable bonds is 7. The van der Waals surface area contributed by atoms with Crippen LogP contribution in [0, 0.1) is 5.92 Å². The normalized spacial score (nSPS) is 19.5. The zero-order valence-electron chi connectivity index (χ0n) is 21.2. The molecule has 36 heavy (non-hydrogen) atoms. The average Bonchev–Trinajstić information content (AvgIpc) is 3.22. The molecule has 7 nitrogen and oxygen atoms in total. The molecule has 1 amide bonds. The number of nitrogens with zero attached hydrogens (tertiary/aromatic N) is 2. The number of hydrogen-bond acceptors (Lipinski definition) is 6. The summed E-state index contributed by atoms with van der Waals surface area (Å²) in [4.78, 5) is 18.0. The summed E-state index contributed by atoms with van der Waals surface area (Å²) >= 11 is 6.53. The van der Waals surface area contributed by atoms with Crippen molar-refractivity contribution in [2.45, 2.75) is 45.9 Å². The number of carbonyl (C=O) groups is 1. The van der Waals surface area contributed by atoms with Gasteiger partial charge in [-0.05, 0) is 41.2 Å². The number of anilines is 1. The van der Waals surface area contributed by atoms with Gasteiger partial charge < -0.3 is 24.4 Å². The van der Waals surface area contributed by atoms with E-state index in [1.54, 1.807) is 0 Å². The van der Waals surface area contributed by atoms with Gasteiger partial charge in [-0.3, -0.25) is 9.69 Å². The van der Waals surface area contributed by atoms with Crippen molar-refractivity contribution in [3.8, 4) is 11.5 Å². The van der Waals surface area contributed by atoms with Crippen LogP contribution < -0.4 is 14.8 Å². The fourth-order valence-corrected chi connectivity index (χ4v) is 5.54. The van der Waals surface area contributed by atoms with Gasteiger partial charge in [-0.15, -0.1) is 0 Å². The Morgan fingerprint density at radius 2 is 2.08 bits per heavy atom. The highest BCUT2D eigenvalue weighted by Crippen LogP contribution is 2.38. The summed E-state index contributed by atoms with van der Waals surface area (Å²) in [7, 11) is 0. The third-order valence-electron chi connectivity index (χ3n) is 6.89. The smallest absolute Gasteiger partial charge is 0.253 e. The summed E-state index contributed by atoms with van der Waals surface area (Å²) in [6.45, 7) is 10.3. The standard InChI is InChI=1S/C28H36ClN3O4/c1-19(2)15-32(16-20-13-23(29)27-24(14-20)34-10-4-11-36-27)28(33)25-18-31(9-12-35-25)17-22-6-3-5-21-7-8-30-26(21)22/h3,5-6,13-14,19,25,30H,4,7-12,15-18H2,1-2H3/t25-/m1/s1. The Kier molecular flexibility index (Phi) is 7.89. The topological polar surface area (TPSA) is 63.3 Å². The first-order valence-corrected chi connectivity index (χ1v) is 13.4. The van der Waals surface area contributed by atoms with Crippen molar-refractivity contribution in [2.24, 2.45) is 5.92 Å². The molecular weight excluding hydrogens is 478 g/mol. The van der Waals surface area contributed by atoms with Crippen molar-refractivity contribution in [2.75, 3.05) is 51.3 Å². The van der Waals surface area contributed by atoms with E-state index in [1.165, 1.54) is 16.8 Å². The number of carbonyl (C=O) groups excluding carboxylic acids is 1. The van der Waals surface area contributed by atoms with E-state index in [4.69, 9.17) is 25.8 Å². The molecular formula is C28H36ClN3O4. The molecule has 0 saturated carbocycles. The Morgan fingerprint density at radius 1 is 1.22 bits per heavy atom. The zero-order chi connectivity index (χ0) is 25.1. The SMILES string of the molecule is CC(C)CN(Cc1cc(Cl)c2c(c1)OCCCO2)C(=O)[C@H]1CN(Cc2cccc3c2NCC3)CCO1. The van der Waals surface area contributed by atoms with Gasteiger partial charge in [0.1, 0.15) is 6.10 Å². The average molecular weight is 514 g/mol. The molecule has 0 bridgehead atoms. The van der Waals surface area contributed by atoms with Gasteiger partial charge in [-0.25, -0.2) is 0 Å². The van der Waals surface area contributed by atoms with Crippen molar-refractivity contribution in [3.05, 3.63) is 52.0 Å². The highest BCUT2D eigenvalue weighted by molar-refractivity contribution is 6.32. The van der Waals surface area contributed by atoms with E-state index < -0.39 is 6.10 Å². The molecule has 1 atom stereocenters. The van der Waals surface area contributed by atoms with Crippen LogP contribution in [-0.2, 0) is 29.0 Å². The predicted octanol–water partition coefficient (Wildman–Crippen LogP) is 4.35. The van der Waals surface area contributed by atoms with E-state index in [9.17, 15) is 4.79 Å². The number of nitrogens with one attached hydrogen (secondary N) is 1. The van der Waals surface area contributed by atoms with Crippen LogP contribution in [0.3, 0.4) is 0 Å². The van der Waals surface area contributed by atoms with E-state index in [0.29, 0.717) is 61.9 Å². The van der Waals surface area contributed by atoms with Gasteiger partial charge in [0.15, 0.2) is 11.5 Å². The van der Waals surface area contributed by atoms with Crippen LogP contribution in [-0.4, -0.2) is 67.8 Å². The quantitative estimate of drug-likeness (QED) is 0.593. The number of fused-ring (bicyclic) bond motifs is 2. The molecule has 3 heterocycles. The summed E-state index contributed by atoms with van der Waals surface area (Å²) in [6.07, 6.45) is 1.40. The van der Waals surface area contributed by atoms with Gasteiger partial charge in [-0.2, -0.15) is 0 Å². The van der Waals surface area contributed by atoms with E-state index in [2.05, 4.69) is 42.3 Å². The van der Waals surface area contributed by atoms with Crippen LogP contribution >= 0.6 is 11.6 Å². The summed E-state index contributed by atoms with van der Waals surface area (Å²) < 4.78 is 17.6. The molecule has 0 spiro atoms. The van der Waals surface area contributed by atoms with Crippen LogP contribution in [0.2, 0.25) is 5.02 Å². The van der Waals surface area contributed by atoms with Crippen LogP contribution in [0.5, 0.6) is 11.5 Å². The molecule has 0 aliphatic carbocycles. The molecule has 1 fully saturated rings. The van der Waals surface area contributed by atoms with E-state index in [1.807, 2.05) is 17.0 Å². The molecule has 2 aromatic carbocycles. The fourth-order valence-electron chi connectivity index (χ4n) is 5.25. The van der Waals surface area contributed by atoms with Crippen LogP contribution in [0.4, 0.5) is 5.69 Å². The Bertz CT molecular complexity index is 1090. The molecule has 1 N–H and O–H groups in total. The lowest BCUT2D eigenvalue weighted by atomic mass is 10.1. The van der Waals surface area contributed by atoms with E-state index >= 15 is 0 Å². The minimum Gasteiger partial charge on any atom is -0.489 e. The highest BCUT2D eigenvalue weighted by atomic mass is 35.5. The third kappa shape index (κ3) is 5.74. The van der Waals surface area contributed by atoms with Gasteiger partial charge in [-0.1, -0.05) is 43.6 Å². The Labute approximate surface area is 218 Å². The molecule has 5 rings (SSSR count). The van der Waals surface area contributed by atoms with Crippen molar-refractivity contribution < 1.29 is 19.0 Å². The maximum Gasteiger partial charge on any atom is 0.253 e. The first-order chi connectivity index (χ1) is 17.5. The van der Waals surface area contributed by atoms with Crippen LogP contribution in [0.1, 0.15) is 37.0 Å². The van der Waals surface area contributed by atoms with E-state index in [0.717, 1.165) is 38.0 Å². The predicted molar refractivity (Wildman–Crippen MR) is 141 cm³/mol. The van der Waals surface area contributed by atoms with Gasteiger partial charge in [0.2, 0.25) is 0 Å². The van der Waals surface area contributed by atoms with Crippen molar-refractivity contribution in [3.63, 3.8) is 0 Å². The monoisotopic (exact) mass is 513 g/mol. The second-order valence-corrected chi connectivity index (χ2v) is 10.7. The number of para-hydroxylation sites is 1. The lowest BCUT2D eigenvalue weighted by molar-refractivity contribution is -0.151. The third-order valence-corrected chi connectivity index (χ3v) is 7.17. The van der Waals surface area contributed by atoms with Crippen LogP contribution in [0.15, 0.2) is 30.3 Å². The van der Waals surface area contributed by atoms with Crippen molar-refractivity contribution in [1.29, 1.82) is 0 Å². The van der Waals surface area contributed by atoms with Crippen molar-refractivity contribution in [1.82, 2.24) is 9.80 Å². The molecule has 8 heteroatoms. The first kappa shape index (κ1) is 25.2. The molecule has 3 aliphatic heterocycles. The number of amides is 1. The maximum absolute atomic E-state index is 13.7. The number of ether oxygens (including phenoxy) is 3. The molecule has 0 aromatic heterocycles. The molecule has 0 radical (unpaired) electrons. The summed E-state index contributed by atoms with van der Waals surface area (Å²) in [5.41, 5.74) is 4.86. The number of hydrogen-bond donors (Lipinski definition) is 1. The zero-order valence-corrected chi connectivity index (χ0v) is 22.0. The summed E-state index contributed by atoms with van der Waals surface area (Å²) in [6, 6.07) is 10.3. The van der Waals surface area contributed by atoms with Crippen LogP contribution in [0.25, 0.3) is 0 Å². The molecule has 1 saturated heterocycles. The second-order valence-electron chi connectivity index (χ2n) is 10.3. The van der Waals surface area contributed by atoms with Gasteiger partial charge in [0.25, 0.3) is 5.91 Å². The minimum absolute atomic E-state index is 0.0213. The Hall–Kier alpha value is -2.48. The summed E-state index contributed by atoms with van der Waals surface area (Å²) in [5.74, 6) is 1.58. The first-order valence-electron chi connectivity index (χ1n) is 13.0. The van der Waals surface area contributed by atoms with Crippen molar-refractivity contribution >= 4 is 23.2 Å². The molecule has 2 aromatic rings. The van der Waals surface area contributed by atoms with Gasteiger partial charge in [0, 0.05) is 51.4 Å². The van der Waals surface area contributed by atoms with Gasteiger partial charge >= 0.3 is 0 Å². The molecule has 3 aliphatic rings. The lowest BCUT2D eigenvalue weighted by Crippen LogP contribution is -2.51. The number of morpholine rings is 1. The number of benzene rings is 2. The van der Waals surface area contributed by atoms with E-state index in [-0.39, 0.29) is 5.91 Å². The maximum atomic E-state index is 13.7. The lowest BCUT2D eigenvalue weighted by Gasteiger charge is -2.36.